The van der Waals surface area contributed by atoms with E-state index < -0.39 is 11.8 Å². The molecule has 0 N–H and O–H groups in total. The first-order chi connectivity index (χ1) is 13.9. The third-order valence-corrected chi connectivity index (χ3v) is 5.20. The summed E-state index contributed by atoms with van der Waals surface area (Å²) in [6.07, 6.45) is 2.79. The lowest BCUT2D eigenvalue weighted by atomic mass is 10.1. The predicted octanol–water partition coefficient (Wildman–Crippen LogP) is 4.23. The molecule has 3 heterocycles. The molecule has 1 aliphatic rings. The van der Waals surface area contributed by atoms with E-state index in [4.69, 9.17) is 23.2 Å². The minimum atomic E-state index is -0.595. The van der Waals surface area contributed by atoms with E-state index in [0.29, 0.717) is 36.8 Å². The van der Waals surface area contributed by atoms with Gasteiger partial charge in [0.1, 0.15) is 11.0 Å². The van der Waals surface area contributed by atoms with E-state index in [2.05, 4.69) is 19.9 Å². The molecule has 0 saturated carbocycles. The zero-order valence-corrected chi connectivity index (χ0v) is 16.9. The van der Waals surface area contributed by atoms with Crippen LogP contribution in [0, 0.1) is 11.8 Å². The fourth-order valence-corrected chi connectivity index (χ4v) is 3.67. The minimum absolute atomic E-state index is 0.00626. The lowest BCUT2D eigenvalue weighted by molar-refractivity contribution is 0.514. The van der Waals surface area contributed by atoms with Gasteiger partial charge in [0, 0.05) is 49.7 Å². The Morgan fingerprint density at radius 2 is 1.83 bits per heavy atom. The number of anilines is 2. The normalized spacial score (nSPS) is 16.9. The van der Waals surface area contributed by atoms with Crippen molar-refractivity contribution in [1.82, 2.24) is 19.9 Å². The molecule has 0 bridgehead atoms. The lowest BCUT2D eigenvalue weighted by Crippen LogP contribution is -2.53. The maximum absolute atomic E-state index is 14.0. The van der Waals surface area contributed by atoms with Gasteiger partial charge in [0.05, 0.1) is 10.7 Å². The van der Waals surface area contributed by atoms with E-state index >= 15 is 0 Å². The van der Waals surface area contributed by atoms with Crippen molar-refractivity contribution in [3.05, 3.63) is 58.6 Å². The van der Waals surface area contributed by atoms with Crippen LogP contribution in [0.2, 0.25) is 10.2 Å². The summed E-state index contributed by atoms with van der Waals surface area (Å²) in [6, 6.07) is 5.93. The number of piperazine rings is 1. The molecule has 1 aliphatic heterocycles. The minimum Gasteiger partial charge on any atom is -0.349 e. The highest BCUT2D eigenvalue weighted by atomic mass is 35.5. The standard InChI is InChI=1S/C19H16Cl2F2N6/c1-11-10-28(18-17(23)24-4-5-25-18)6-7-29(11)19-26-15(9-16(21)27-19)12-2-3-14(22)13(20)8-12/h2-5,8-9,11H,6-7,10H2,1H3/t11-/m1/s1. The van der Waals surface area contributed by atoms with Gasteiger partial charge in [-0.3, -0.25) is 0 Å². The summed E-state index contributed by atoms with van der Waals surface area (Å²) in [5, 5.41) is 0.270. The number of nitrogens with zero attached hydrogens (tertiary/aromatic N) is 6. The molecule has 0 aliphatic carbocycles. The second-order valence-corrected chi connectivity index (χ2v) is 7.46. The van der Waals surface area contributed by atoms with Crippen LogP contribution in [0.15, 0.2) is 36.7 Å². The van der Waals surface area contributed by atoms with Gasteiger partial charge in [-0.1, -0.05) is 23.2 Å². The van der Waals surface area contributed by atoms with Crippen LogP contribution in [0.3, 0.4) is 0 Å². The number of aromatic nitrogens is 4. The fourth-order valence-electron chi connectivity index (χ4n) is 3.31. The number of hydrogen-bond acceptors (Lipinski definition) is 6. The van der Waals surface area contributed by atoms with Crippen LogP contribution >= 0.6 is 23.2 Å². The monoisotopic (exact) mass is 436 g/mol. The average Bonchev–Trinajstić information content (AvgIpc) is 2.70. The molecule has 1 aromatic carbocycles. The van der Waals surface area contributed by atoms with Crippen molar-refractivity contribution in [3.8, 4) is 11.3 Å². The van der Waals surface area contributed by atoms with Crippen LogP contribution in [-0.4, -0.2) is 45.6 Å². The van der Waals surface area contributed by atoms with E-state index in [1.54, 1.807) is 12.1 Å². The molecule has 150 valence electrons. The van der Waals surface area contributed by atoms with Crippen LogP contribution in [0.4, 0.5) is 20.5 Å². The maximum atomic E-state index is 14.0. The van der Waals surface area contributed by atoms with Crippen LogP contribution in [-0.2, 0) is 0 Å². The van der Waals surface area contributed by atoms with E-state index in [1.807, 2.05) is 16.7 Å². The molecule has 29 heavy (non-hydrogen) atoms. The summed E-state index contributed by atoms with van der Waals surface area (Å²) in [5.74, 6) is -0.424. The van der Waals surface area contributed by atoms with E-state index in [1.165, 1.54) is 24.5 Å². The molecule has 0 spiro atoms. The van der Waals surface area contributed by atoms with Crippen molar-refractivity contribution in [2.75, 3.05) is 29.4 Å². The maximum Gasteiger partial charge on any atom is 0.255 e. The quantitative estimate of drug-likeness (QED) is 0.572. The summed E-state index contributed by atoms with van der Waals surface area (Å²) >= 11 is 12.1. The highest BCUT2D eigenvalue weighted by Crippen LogP contribution is 2.28. The Labute approximate surface area is 176 Å². The first-order valence-electron chi connectivity index (χ1n) is 8.90. The van der Waals surface area contributed by atoms with Crippen LogP contribution in [0.1, 0.15) is 6.92 Å². The lowest BCUT2D eigenvalue weighted by Gasteiger charge is -2.40. The molecule has 0 radical (unpaired) electrons. The summed E-state index contributed by atoms with van der Waals surface area (Å²) in [5.41, 5.74) is 1.17. The third kappa shape index (κ3) is 4.09. The molecule has 1 saturated heterocycles. The van der Waals surface area contributed by atoms with Crippen molar-refractivity contribution < 1.29 is 8.78 Å². The Morgan fingerprint density at radius 3 is 2.55 bits per heavy atom. The van der Waals surface area contributed by atoms with Crippen molar-refractivity contribution in [3.63, 3.8) is 0 Å². The smallest absolute Gasteiger partial charge is 0.255 e. The van der Waals surface area contributed by atoms with Gasteiger partial charge in [-0.15, -0.1) is 0 Å². The summed E-state index contributed by atoms with van der Waals surface area (Å²) < 4.78 is 27.4. The Hall–Kier alpha value is -2.58. The van der Waals surface area contributed by atoms with Gasteiger partial charge >= 0.3 is 0 Å². The Kier molecular flexibility index (Phi) is 5.47. The van der Waals surface area contributed by atoms with Gasteiger partial charge in [0.15, 0.2) is 5.82 Å². The van der Waals surface area contributed by atoms with E-state index in [-0.39, 0.29) is 22.0 Å². The van der Waals surface area contributed by atoms with Gasteiger partial charge in [-0.05, 0) is 25.1 Å². The van der Waals surface area contributed by atoms with Crippen LogP contribution in [0.25, 0.3) is 11.3 Å². The molecular weight excluding hydrogens is 421 g/mol. The molecule has 4 rings (SSSR count). The molecule has 2 aromatic heterocycles. The molecule has 1 atom stereocenters. The first-order valence-corrected chi connectivity index (χ1v) is 9.66. The second kappa shape index (κ2) is 8.04. The SMILES string of the molecule is C[C@@H]1CN(c2nccnc2F)CCN1c1nc(Cl)cc(-c2ccc(F)c(Cl)c2)n1. The third-order valence-electron chi connectivity index (χ3n) is 4.72. The number of benzene rings is 1. The van der Waals surface area contributed by atoms with Gasteiger partial charge < -0.3 is 9.80 Å². The Balaban J connectivity index is 1.60. The molecule has 0 amide bonds. The van der Waals surface area contributed by atoms with Gasteiger partial charge in [-0.2, -0.15) is 4.39 Å². The number of rotatable bonds is 3. The summed E-state index contributed by atoms with van der Waals surface area (Å²) in [7, 11) is 0. The topological polar surface area (TPSA) is 58.0 Å². The van der Waals surface area contributed by atoms with Crippen molar-refractivity contribution >= 4 is 35.0 Å². The molecule has 10 heteroatoms. The van der Waals surface area contributed by atoms with Gasteiger partial charge in [0.25, 0.3) is 5.95 Å². The molecule has 1 fully saturated rings. The number of hydrogen-bond donors (Lipinski definition) is 0. The predicted molar refractivity (Wildman–Crippen MR) is 108 cm³/mol. The van der Waals surface area contributed by atoms with Gasteiger partial charge in [0.2, 0.25) is 5.95 Å². The second-order valence-electron chi connectivity index (χ2n) is 6.66. The summed E-state index contributed by atoms with van der Waals surface area (Å²) in [4.78, 5) is 20.5. The largest absolute Gasteiger partial charge is 0.349 e. The van der Waals surface area contributed by atoms with E-state index in [9.17, 15) is 8.78 Å². The first kappa shape index (κ1) is 19.7. The molecule has 3 aromatic rings. The zero-order chi connectivity index (χ0) is 20.5. The van der Waals surface area contributed by atoms with Crippen molar-refractivity contribution in [1.29, 1.82) is 0 Å². The highest BCUT2D eigenvalue weighted by Gasteiger charge is 2.28. The summed E-state index contributed by atoms with van der Waals surface area (Å²) in [6.45, 7) is 3.57. The van der Waals surface area contributed by atoms with Crippen molar-refractivity contribution in [2.24, 2.45) is 0 Å². The number of halogens is 4. The molecule has 6 nitrogen and oxygen atoms in total. The van der Waals surface area contributed by atoms with Crippen LogP contribution < -0.4 is 9.80 Å². The van der Waals surface area contributed by atoms with E-state index in [0.717, 1.165) is 0 Å². The fraction of sp³-hybridized carbons (Fsp3) is 0.263. The van der Waals surface area contributed by atoms with Crippen molar-refractivity contribution in [2.45, 2.75) is 13.0 Å². The highest BCUT2D eigenvalue weighted by molar-refractivity contribution is 6.31. The average molecular weight is 437 g/mol. The zero-order valence-electron chi connectivity index (χ0n) is 15.4. The molecule has 0 unspecified atom stereocenters. The Morgan fingerprint density at radius 1 is 1.03 bits per heavy atom. The Bertz CT molecular complexity index is 1050. The molecular formula is C19H16Cl2F2N6. The van der Waals surface area contributed by atoms with Gasteiger partial charge in [-0.25, -0.2) is 24.3 Å². The van der Waals surface area contributed by atoms with Crippen LogP contribution in [0.5, 0.6) is 0 Å².